The topological polar surface area (TPSA) is 116 Å². The molecule has 7 heteroatoms. The first kappa shape index (κ1) is 19.6. The highest BCUT2D eigenvalue weighted by atomic mass is 16.7. The minimum atomic E-state index is -1.68. The molecule has 24 heavy (non-hydrogen) atoms. The average molecular weight is 346 g/mol. The van der Waals surface area contributed by atoms with Gasteiger partial charge in [0.15, 0.2) is 12.4 Å². The van der Waals surface area contributed by atoms with E-state index in [1.165, 1.54) is 25.7 Å². The molecule has 2 rings (SSSR count). The van der Waals surface area contributed by atoms with Crippen LogP contribution in [0.3, 0.4) is 0 Å². The second kappa shape index (κ2) is 9.68. The predicted octanol–water partition coefficient (Wildman–Crippen LogP) is 1.18. The maximum absolute atomic E-state index is 11.1. The Balaban J connectivity index is 1.95. The maximum Gasteiger partial charge on any atom is 0.335 e. The van der Waals surface area contributed by atoms with Crippen molar-refractivity contribution in [3.63, 3.8) is 0 Å². The van der Waals surface area contributed by atoms with Gasteiger partial charge in [-0.2, -0.15) is 0 Å². The van der Waals surface area contributed by atoms with Gasteiger partial charge >= 0.3 is 5.97 Å². The van der Waals surface area contributed by atoms with Gasteiger partial charge in [0.2, 0.25) is 0 Å². The summed E-state index contributed by atoms with van der Waals surface area (Å²) < 4.78 is 11.0. The second-order valence-corrected chi connectivity index (χ2v) is 6.90. The largest absolute Gasteiger partial charge is 0.479 e. The summed E-state index contributed by atoms with van der Waals surface area (Å²) in [4.78, 5) is 11.1. The van der Waals surface area contributed by atoms with Crippen LogP contribution in [0, 0.1) is 0 Å². The van der Waals surface area contributed by atoms with Crippen molar-refractivity contribution in [3.05, 3.63) is 0 Å². The number of aliphatic carboxylic acids is 1. The summed E-state index contributed by atoms with van der Waals surface area (Å²) in [6.45, 7) is 0. The molecular formula is C17H30O7. The Labute approximate surface area is 142 Å². The molecule has 1 aliphatic carbocycles. The molecule has 0 bridgehead atoms. The van der Waals surface area contributed by atoms with E-state index < -0.39 is 36.7 Å². The molecule has 1 saturated carbocycles. The summed E-state index contributed by atoms with van der Waals surface area (Å²) in [5.74, 6) is -1.38. The third kappa shape index (κ3) is 5.39. The molecule has 0 aromatic carbocycles. The first-order valence-electron chi connectivity index (χ1n) is 9.08. The first-order chi connectivity index (χ1) is 11.5. The minimum absolute atomic E-state index is 0.139. The number of carbonyl (C=O) groups is 1. The lowest BCUT2D eigenvalue weighted by molar-refractivity contribution is -0.305. The Kier molecular flexibility index (Phi) is 7.90. The van der Waals surface area contributed by atoms with Crippen LogP contribution >= 0.6 is 0 Å². The second-order valence-electron chi connectivity index (χ2n) is 6.90. The van der Waals surface area contributed by atoms with Crippen molar-refractivity contribution in [2.75, 3.05) is 0 Å². The van der Waals surface area contributed by atoms with Crippen molar-refractivity contribution < 1.29 is 34.7 Å². The van der Waals surface area contributed by atoms with E-state index in [0.29, 0.717) is 0 Å². The van der Waals surface area contributed by atoms with E-state index in [0.717, 1.165) is 38.5 Å². The standard InChI is InChI=1S/C17H30O7/c18-12-13(19)15(16(21)22)24-17(14(12)20)23-11-9-7-5-3-1-2-4-6-8-10-11/h11-15,17-20H,1-10H2,(H,21,22)/t12-,13-,14+,15-,17+/m0/s1. The predicted molar refractivity (Wildman–Crippen MR) is 85.4 cm³/mol. The number of aliphatic hydroxyl groups excluding tert-OH is 3. The summed E-state index contributed by atoms with van der Waals surface area (Å²) in [7, 11) is 0. The van der Waals surface area contributed by atoms with Crippen molar-refractivity contribution in [3.8, 4) is 0 Å². The van der Waals surface area contributed by atoms with E-state index in [1.54, 1.807) is 0 Å². The van der Waals surface area contributed by atoms with Gasteiger partial charge in [0, 0.05) is 0 Å². The van der Waals surface area contributed by atoms with Crippen molar-refractivity contribution in [1.29, 1.82) is 0 Å². The summed E-state index contributed by atoms with van der Waals surface area (Å²) in [6.07, 6.45) is 3.17. The molecule has 0 radical (unpaired) electrons. The highest BCUT2D eigenvalue weighted by Crippen LogP contribution is 2.26. The SMILES string of the molecule is O=C(O)[C@H]1O[C@@H](OC2CCCCCCCCCC2)[C@H](O)[C@@H](O)[C@@H]1O. The highest BCUT2D eigenvalue weighted by molar-refractivity contribution is 5.73. The fraction of sp³-hybridized carbons (Fsp3) is 0.941. The zero-order chi connectivity index (χ0) is 17.5. The van der Waals surface area contributed by atoms with Gasteiger partial charge in [-0.1, -0.05) is 51.4 Å². The number of carboxylic acid groups (broad SMARTS) is 1. The Morgan fingerprint density at radius 1 is 0.792 bits per heavy atom. The van der Waals surface area contributed by atoms with Crippen molar-refractivity contribution >= 4 is 5.97 Å². The molecule has 0 aromatic rings. The number of ether oxygens (including phenoxy) is 2. The first-order valence-corrected chi connectivity index (χ1v) is 9.08. The van der Waals surface area contributed by atoms with Crippen molar-refractivity contribution in [2.45, 2.75) is 101 Å². The van der Waals surface area contributed by atoms with E-state index in [1.807, 2.05) is 0 Å². The number of hydrogen-bond acceptors (Lipinski definition) is 6. The van der Waals surface area contributed by atoms with Gasteiger partial charge in [-0.15, -0.1) is 0 Å². The quantitative estimate of drug-likeness (QED) is 0.606. The highest BCUT2D eigenvalue weighted by Gasteiger charge is 2.48. The molecule has 4 N–H and O–H groups in total. The summed E-state index contributed by atoms with van der Waals surface area (Å²) in [5, 5.41) is 38.7. The molecule has 140 valence electrons. The van der Waals surface area contributed by atoms with Crippen LogP contribution in [0.4, 0.5) is 0 Å². The lowest BCUT2D eigenvalue weighted by Crippen LogP contribution is -2.60. The number of hydrogen-bond donors (Lipinski definition) is 4. The van der Waals surface area contributed by atoms with E-state index in [4.69, 9.17) is 14.6 Å². The van der Waals surface area contributed by atoms with Crippen LogP contribution < -0.4 is 0 Å². The van der Waals surface area contributed by atoms with Gasteiger partial charge in [0.25, 0.3) is 0 Å². The van der Waals surface area contributed by atoms with Gasteiger partial charge in [-0.3, -0.25) is 0 Å². The van der Waals surface area contributed by atoms with Crippen LogP contribution in [-0.2, 0) is 14.3 Å². The third-order valence-corrected chi connectivity index (χ3v) is 4.94. The molecule has 5 atom stereocenters. The minimum Gasteiger partial charge on any atom is -0.479 e. The van der Waals surface area contributed by atoms with E-state index in [9.17, 15) is 20.1 Å². The average Bonchev–Trinajstić information content (AvgIpc) is 2.61. The zero-order valence-corrected chi connectivity index (χ0v) is 14.0. The molecule has 0 spiro atoms. The Hall–Kier alpha value is -0.730. The molecular weight excluding hydrogens is 316 g/mol. The van der Waals surface area contributed by atoms with Gasteiger partial charge in [0.1, 0.15) is 18.3 Å². The van der Waals surface area contributed by atoms with Gasteiger partial charge in [-0.05, 0) is 12.8 Å². The summed E-state index contributed by atoms with van der Waals surface area (Å²) in [5.41, 5.74) is 0. The summed E-state index contributed by atoms with van der Waals surface area (Å²) >= 11 is 0. The molecule has 0 amide bonds. The van der Waals surface area contributed by atoms with Crippen LogP contribution in [0.2, 0.25) is 0 Å². The van der Waals surface area contributed by atoms with Crippen LogP contribution in [0.25, 0.3) is 0 Å². The van der Waals surface area contributed by atoms with Crippen molar-refractivity contribution in [2.24, 2.45) is 0 Å². The molecule has 2 aliphatic rings. The molecule has 0 unspecified atom stereocenters. The monoisotopic (exact) mass is 346 g/mol. The lowest BCUT2D eigenvalue weighted by atomic mass is 9.98. The fourth-order valence-electron chi connectivity index (χ4n) is 3.44. The zero-order valence-electron chi connectivity index (χ0n) is 14.0. The third-order valence-electron chi connectivity index (χ3n) is 4.94. The Bertz CT molecular complexity index is 377. The van der Waals surface area contributed by atoms with Gasteiger partial charge in [0.05, 0.1) is 6.10 Å². The molecule has 1 saturated heterocycles. The van der Waals surface area contributed by atoms with Gasteiger partial charge in [-0.25, -0.2) is 4.79 Å². The number of carboxylic acids is 1. The molecule has 7 nitrogen and oxygen atoms in total. The van der Waals surface area contributed by atoms with Crippen molar-refractivity contribution in [1.82, 2.24) is 0 Å². The van der Waals surface area contributed by atoms with Crippen LogP contribution in [0.15, 0.2) is 0 Å². The number of rotatable bonds is 3. The smallest absolute Gasteiger partial charge is 0.335 e. The summed E-state index contributed by atoms with van der Waals surface area (Å²) in [6, 6.07) is 0. The lowest BCUT2D eigenvalue weighted by Gasteiger charge is -2.39. The van der Waals surface area contributed by atoms with Crippen LogP contribution in [0.1, 0.15) is 64.2 Å². The van der Waals surface area contributed by atoms with Gasteiger partial charge < -0.3 is 29.9 Å². The maximum atomic E-state index is 11.1. The molecule has 1 aliphatic heterocycles. The molecule has 2 fully saturated rings. The van der Waals surface area contributed by atoms with E-state index >= 15 is 0 Å². The van der Waals surface area contributed by atoms with Crippen LogP contribution in [-0.4, -0.2) is 63.2 Å². The normalized spacial score (nSPS) is 37.5. The van der Waals surface area contributed by atoms with E-state index in [2.05, 4.69) is 0 Å². The Morgan fingerprint density at radius 3 is 1.79 bits per heavy atom. The molecule has 1 heterocycles. The Morgan fingerprint density at radius 2 is 1.29 bits per heavy atom. The van der Waals surface area contributed by atoms with Crippen LogP contribution in [0.5, 0.6) is 0 Å². The van der Waals surface area contributed by atoms with E-state index in [-0.39, 0.29) is 6.10 Å². The number of aliphatic hydroxyl groups is 3. The molecule has 0 aromatic heterocycles. The fourth-order valence-corrected chi connectivity index (χ4v) is 3.44.